The molecular formula is C16H17N5O2S. The second-order valence-corrected chi connectivity index (χ2v) is 6.15. The molecule has 24 heavy (non-hydrogen) atoms. The number of pyridine rings is 1. The van der Waals surface area contributed by atoms with E-state index in [2.05, 4.69) is 25.9 Å². The largest absolute Gasteiger partial charge is 0.396 e. The van der Waals surface area contributed by atoms with E-state index in [9.17, 15) is 9.90 Å². The van der Waals surface area contributed by atoms with Crippen LogP contribution in [0.25, 0.3) is 5.82 Å². The average molecular weight is 343 g/mol. The Hall–Kier alpha value is -2.58. The van der Waals surface area contributed by atoms with Crippen LogP contribution in [0, 0.1) is 5.92 Å². The van der Waals surface area contributed by atoms with Crippen LogP contribution in [0.1, 0.15) is 15.9 Å². The number of aliphatic hydroxyl groups is 1. The molecule has 8 heteroatoms. The summed E-state index contributed by atoms with van der Waals surface area (Å²) >= 11 is 1.63. The maximum atomic E-state index is 12.2. The molecule has 0 spiro atoms. The topological polar surface area (TPSA) is 92.9 Å². The summed E-state index contributed by atoms with van der Waals surface area (Å²) in [6, 6.07) is 5.46. The van der Waals surface area contributed by atoms with Gasteiger partial charge in [0, 0.05) is 25.3 Å². The highest BCUT2D eigenvalue weighted by atomic mass is 32.1. The maximum Gasteiger partial charge on any atom is 0.252 e. The van der Waals surface area contributed by atoms with E-state index in [0.29, 0.717) is 17.9 Å². The Labute approximate surface area is 143 Å². The number of carbonyl (C=O) groups excluding carboxylic acids is 1. The fourth-order valence-electron chi connectivity index (χ4n) is 2.27. The quantitative estimate of drug-likeness (QED) is 0.675. The number of amides is 1. The molecule has 0 bridgehead atoms. The molecule has 124 valence electrons. The highest BCUT2D eigenvalue weighted by Gasteiger charge is 2.12. The summed E-state index contributed by atoms with van der Waals surface area (Å²) in [6.45, 7) is 0.444. The summed E-state index contributed by atoms with van der Waals surface area (Å²) in [4.78, 5) is 16.4. The number of hydrogen-bond acceptors (Lipinski definition) is 6. The molecule has 0 aromatic carbocycles. The van der Waals surface area contributed by atoms with Gasteiger partial charge in [-0.25, -0.2) is 4.98 Å². The predicted molar refractivity (Wildman–Crippen MR) is 90.1 cm³/mol. The smallest absolute Gasteiger partial charge is 0.252 e. The van der Waals surface area contributed by atoms with Gasteiger partial charge in [0.05, 0.1) is 5.56 Å². The number of nitrogens with one attached hydrogen (secondary N) is 1. The van der Waals surface area contributed by atoms with E-state index in [1.165, 1.54) is 11.8 Å². The summed E-state index contributed by atoms with van der Waals surface area (Å²) < 4.78 is 1.66. The minimum Gasteiger partial charge on any atom is -0.396 e. The summed E-state index contributed by atoms with van der Waals surface area (Å²) in [5, 5.41) is 23.8. The molecule has 2 N–H and O–H groups in total. The first-order valence-corrected chi connectivity index (χ1v) is 8.41. The molecule has 3 heterocycles. The molecule has 1 amide bonds. The van der Waals surface area contributed by atoms with E-state index in [1.54, 1.807) is 40.7 Å². The first-order valence-electron chi connectivity index (χ1n) is 7.47. The lowest BCUT2D eigenvalue weighted by atomic mass is 10.0. The Kier molecular flexibility index (Phi) is 5.29. The Morgan fingerprint density at radius 2 is 2.12 bits per heavy atom. The van der Waals surface area contributed by atoms with E-state index in [4.69, 9.17) is 0 Å². The Bertz CT molecular complexity index is 756. The van der Waals surface area contributed by atoms with Crippen LogP contribution in [0.3, 0.4) is 0 Å². The zero-order chi connectivity index (χ0) is 16.8. The molecule has 1 atom stereocenters. The number of aliphatic hydroxyl groups excluding tert-OH is 1. The van der Waals surface area contributed by atoms with Crippen molar-refractivity contribution >= 4 is 17.2 Å². The van der Waals surface area contributed by atoms with Crippen molar-refractivity contribution in [3.63, 3.8) is 0 Å². The third-order valence-corrected chi connectivity index (χ3v) is 4.34. The van der Waals surface area contributed by atoms with E-state index in [0.717, 1.165) is 6.42 Å². The molecule has 1 unspecified atom stereocenters. The lowest BCUT2D eigenvalue weighted by molar-refractivity contribution is 0.0939. The monoisotopic (exact) mass is 343 g/mol. The molecule has 3 rings (SSSR count). The van der Waals surface area contributed by atoms with E-state index in [-0.39, 0.29) is 18.4 Å². The average Bonchev–Trinajstić information content (AvgIpc) is 3.32. The molecule has 0 saturated carbocycles. The third-order valence-electron chi connectivity index (χ3n) is 3.61. The zero-order valence-corrected chi connectivity index (χ0v) is 13.7. The maximum absolute atomic E-state index is 12.2. The minimum absolute atomic E-state index is 0.00666. The van der Waals surface area contributed by atoms with Crippen LogP contribution in [0.4, 0.5) is 0 Å². The molecule has 0 aliphatic carbocycles. The first kappa shape index (κ1) is 16.3. The molecule has 3 aromatic rings. The second kappa shape index (κ2) is 7.80. The van der Waals surface area contributed by atoms with Crippen LogP contribution in [-0.4, -0.2) is 43.9 Å². The van der Waals surface area contributed by atoms with Crippen molar-refractivity contribution in [3.05, 3.63) is 58.9 Å². The molecular weight excluding hydrogens is 326 g/mol. The summed E-state index contributed by atoms with van der Waals surface area (Å²) in [6.07, 6.45) is 5.33. The van der Waals surface area contributed by atoms with Gasteiger partial charge in [-0.05, 0) is 40.9 Å². The number of thiophene rings is 1. The SMILES string of the molecule is O=C(NCC(CO)Cc1ccsc1)c1ccc(-n2cnnc2)nc1. The number of hydrogen-bond donors (Lipinski definition) is 2. The van der Waals surface area contributed by atoms with Gasteiger partial charge in [-0.15, -0.1) is 10.2 Å². The highest BCUT2D eigenvalue weighted by molar-refractivity contribution is 7.07. The van der Waals surface area contributed by atoms with Gasteiger partial charge >= 0.3 is 0 Å². The van der Waals surface area contributed by atoms with Crippen molar-refractivity contribution in [3.8, 4) is 5.82 Å². The van der Waals surface area contributed by atoms with Crippen molar-refractivity contribution < 1.29 is 9.90 Å². The van der Waals surface area contributed by atoms with Crippen molar-refractivity contribution in [1.82, 2.24) is 25.1 Å². The van der Waals surface area contributed by atoms with Gasteiger partial charge in [0.25, 0.3) is 5.91 Å². The highest BCUT2D eigenvalue weighted by Crippen LogP contribution is 2.12. The minimum atomic E-state index is -0.207. The van der Waals surface area contributed by atoms with Gasteiger partial charge in [-0.3, -0.25) is 9.36 Å². The van der Waals surface area contributed by atoms with Crippen molar-refractivity contribution in [1.29, 1.82) is 0 Å². The second-order valence-electron chi connectivity index (χ2n) is 5.37. The first-order chi connectivity index (χ1) is 11.8. The summed E-state index contributed by atoms with van der Waals surface area (Å²) in [5.74, 6) is 0.427. The van der Waals surface area contributed by atoms with Crippen molar-refractivity contribution in [2.24, 2.45) is 5.92 Å². The normalized spacial score (nSPS) is 12.0. The lowest BCUT2D eigenvalue weighted by Crippen LogP contribution is -2.31. The molecule has 7 nitrogen and oxygen atoms in total. The van der Waals surface area contributed by atoms with Crippen LogP contribution in [0.2, 0.25) is 0 Å². The van der Waals surface area contributed by atoms with Crippen LogP contribution in [0.15, 0.2) is 47.8 Å². The van der Waals surface area contributed by atoms with Crippen LogP contribution in [0.5, 0.6) is 0 Å². The van der Waals surface area contributed by atoms with Crippen molar-refractivity contribution in [2.75, 3.05) is 13.2 Å². The van der Waals surface area contributed by atoms with Crippen molar-refractivity contribution in [2.45, 2.75) is 6.42 Å². The standard InChI is InChI=1S/C16H17N5O2S/c22-8-13(5-12-3-4-24-9-12)6-18-16(23)14-1-2-15(17-7-14)21-10-19-20-11-21/h1-4,7,9-11,13,22H,5-6,8H2,(H,18,23). The molecule has 0 fully saturated rings. The van der Waals surface area contributed by atoms with Gasteiger partial charge in [-0.1, -0.05) is 0 Å². The summed E-state index contributed by atoms with van der Waals surface area (Å²) in [7, 11) is 0. The number of carbonyl (C=O) groups is 1. The van der Waals surface area contributed by atoms with Gasteiger partial charge < -0.3 is 10.4 Å². The van der Waals surface area contributed by atoms with Gasteiger partial charge in [-0.2, -0.15) is 11.3 Å². The Morgan fingerprint density at radius 3 is 2.75 bits per heavy atom. The van der Waals surface area contributed by atoms with Gasteiger partial charge in [0.15, 0.2) is 0 Å². The van der Waals surface area contributed by atoms with Crippen LogP contribution >= 0.6 is 11.3 Å². The molecule has 0 aliphatic rings. The number of nitrogens with zero attached hydrogens (tertiary/aromatic N) is 4. The van der Waals surface area contributed by atoms with Crippen LogP contribution < -0.4 is 5.32 Å². The Morgan fingerprint density at radius 1 is 1.29 bits per heavy atom. The van der Waals surface area contributed by atoms with E-state index >= 15 is 0 Å². The van der Waals surface area contributed by atoms with Gasteiger partial charge in [0.1, 0.15) is 18.5 Å². The molecule has 0 radical (unpaired) electrons. The summed E-state index contributed by atoms with van der Waals surface area (Å²) in [5.41, 5.74) is 1.65. The molecule has 0 saturated heterocycles. The molecule has 3 aromatic heterocycles. The number of rotatable bonds is 7. The van der Waals surface area contributed by atoms with Crippen LogP contribution in [-0.2, 0) is 6.42 Å². The van der Waals surface area contributed by atoms with Gasteiger partial charge in [0.2, 0.25) is 0 Å². The fourth-order valence-corrected chi connectivity index (χ4v) is 2.96. The zero-order valence-electron chi connectivity index (χ0n) is 12.9. The molecule has 0 aliphatic heterocycles. The number of aromatic nitrogens is 4. The van der Waals surface area contributed by atoms with E-state index < -0.39 is 0 Å². The predicted octanol–water partition coefficient (Wildman–Crippen LogP) is 1.30. The third kappa shape index (κ3) is 4.03. The fraction of sp³-hybridized carbons (Fsp3) is 0.250. The Balaban J connectivity index is 1.56. The van der Waals surface area contributed by atoms with E-state index in [1.807, 2.05) is 11.4 Å². The lowest BCUT2D eigenvalue weighted by Gasteiger charge is -2.14.